The Labute approximate surface area is 71.5 Å². The van der Waals surface area contributed by atoms with E-state index in [4.69, 9.17) is 14.6 Å². The van der Waals surface area contributed by atoms with Crippen molar-refractivity contribution in [2.45, 2.75) is 32.0 Å². The Morgan fingerprint density at radius 1 is 1.50 bits per heavy atom. The molecule has 1 N–H and O–H groups in total. The summed E-state index contributed by atoms with van der Waals surface area (Å²) in [5.41, 5.74) is 0. The highest BCUT2D eigenvalue weighted by Gasteiger charge is 2.30. The first-order valence-corrected chi connectivity index (χ1v) is 4.12. The third-order valence-corrected chi connectivity index (χ3v) is 1.92. The third-order valence-electron chi connectivity index (χ3n) is 1.92. The fraction of sp³-hybridized carbons (Fsp3) is 0.875. The average molecular weight is 174 g/mol. The van der Waals surface area contributed by atoms with Gasteiger partial charge in [-0.25, -0.2) is 0 Å². The van der Waals surface area contributed by atoms with Gasteiger partial charge in [0.25, 0.3) is 0 Å². The van der Waals surface area contributed by atoms with E-state index in [1.807, 2.05) is 6.92 Å². The normalized spacial score (nSPS) is 21.1. The summed E-state index contributed by atoms with van der Waals surface area (Å²) in [5, 5.41) is 8.39. The maximum Gasteiger partial charge on any atom is 0.303 e. The topological polar surface area (TPSA) is 55.8 Å². The van der Waals surface area contributed by atoms with E-state index in [0.29, 0.717) is 26.1 Å². The Morgan fingerprint density at radius 2 is 2.08 bits per heavy atom. The summed E-state index contributed by atoms with van der Waals surface area (Å²) in [4.78, 5) is 10.2. The lowest BCUT2D eigenvalue weighted by atomic mass is 10.1. The van der Waals surface area contributed by atoms with Crippen LogP contribution in [0.3, 0.4) is 0 Å². The van der Waals surface area contributed by atoms with Crippen molar-refractivity contribution in [2.75, 3.05) is 13.2 Å². The molecule has 0 unspecified atom stereocenters. The zero-order chi connectivity index (χ0) is 9.03. The van der Waals surface area contributed by atoms with E-state index in [2.05, 4.69) is 0 Å². The number of hydrogen-bond donors (Lipinski definition) is 1. The Hall–Kier alpha value is -0.610. The van der Waals surface area contributed by atoms with E-state index in [1.54, 1.807) is 0 Å². The second-order valence-electron chi connectivity index (χ2n) is 3.08. The molecule has 4 nitrogen and oxygen atoms in total. The van der Waals surface area contributed by atoms with Crippen LogP contribution in [-0.2, 0) is 14.3 Å². The first-order valence-electron chi connectivity index (χ1n) is 4.12. The van der Waals surface area contributed by atoms with Crippen molar-refractivity contribution in [1.82, 2.24) is 0 Å². The van der Waals surface area contributed by atoms with Crippen LogP contribution in [0.15, 0.2) is 0 Å². The summed E-state index contributed by atoms with van der Waals surface area (Å²) < 4.78 is 10.6. The SMILES string of the molecule is CC1(CCCC(=O)O)OCCO1. The minimum atomic E-state index is -0.767. The van der Waals surface area contributed by atoms with Gasteiger partial charge in [0.1, 0.15) is 0 Å². The minimum absolute atomic E-state index is 0.183. The average Bonchev–Trinajstić information content (AvgIpc) is 2.35. The predicted molar refractivity (Wildman–Crippen MR) is 41.8 cm³/mol. The zero-order valence-corrected chi connectivity index (χ0v) is 7.21. The highest BCUT2D eigenvalue weighted by Crippen LogP contribution is 2.24. The van der Waals surface area contributed by atoms with Crippen LogP contribution in [0.5, 0.6) is 0 Å². The van der Waals surface area contributed by atoms with Crippen LogP contribution >= 0.6 is 0 Å². The number of carboxylic acid groups (broad SMARTS) is 1. The van der Waals surface area contributed by atoms with Crippen molar-refractivity contribution in [3.63, 3.8) is 0 Å². The van der Waals surface area contributed by atoms with Gasteiger partial charge in [0.2, 0.25) is 0 Å². The van der Waals surface area contributed by atoms with Gasteiger partial charge in [-0.05, 0) is 13.3 Å². The number of carbonyl (C=O) groups is 1. The fourth-order valence-corrected chi connectivity index (χ4v) is 1.26. The van der Waals surface area contributed by atoms with Gasteiger partial charge in [0.15, 0.2) is 5.79 Å². The fourth-order valence-electron chi connectivity index (χ4n) is 1.26. The van der Waals surface area contributed by atoms with E-state index in [0.717, 1.165) is 0 Å². The van der Waals surface area contributed by atoms with Crippen molar-refractivity contribution >= 4 is 5.97 Å². The number of ether oxygens (including phenoxy) is 2. The molecule has 0 aromatic heterocycles. The largest absolute Gasteiger partial charge is 0.481 e. The first-order chi connectivity index (χ1) is 5.62. The molecule has 0 radical (unpaired) electrons. The molecule has 0 aromatic carbocycles. The van der Waals surface area contributed by atoms with Crippen LogP contribution in [0.25, 0.3) is 0 Å². The first kappa shape index (κ1) is 9.48. The maximum absolute atomic E-state index is 10.2. The van der Waals surface area contributed by atoms with Gasteiger partial charge in [0, 0.05) is 12.8 Å². The molecule has 0 aromatic rings. The summed E-state index contributed by atoms with van der Waals surface area (Å²) in [5.74, 6) is -1.30. The molecule has 1 rings (SSSR count). The lowest BCUT2D eigenvalue weighted by Gasteiger charge is -2.21. The van der Waals surface area contributed by atoms with Gasteiger partial charge >= 0.3 is 5.97 Å². The zero-order valence-electron chi connectivity index (χ0n) is 7.21. The molecule has 0 aliphatic carbocycles. The highest BCUT2D eigenvalue weighted by molar-refractivity contribution is 5.66. The molecule has 4 heteroatoms. The summed E-state index contributed by atoms with van der Waals surface area (Å²) >= 11 is 0. The minimum Gasteiger partial charge on any atom is -0.481 e. The molecule has 1 aliphatic heterocycles. The summed E-state index contributed by atoms with van der Waals surface area (Å²) in [7, 11) is 0. The summed E-state index contributed by atoms with van der Waals surface area (Å²) in [6.45, 7) is 3.08. The van der Waals surface area contributed by atoms with Crippen LogP contribution in [0.4, 0.5) is 0 Å². The Kier molecular flexibility index (Phi) is 3.05. The maximum atomic E-state index is 10.2. The van der Waals surface area contributed by atoms with Crippen LogP contribution in [-0.4, -0.2) is 30.1 Å². The monoisotopic (exact) mass is 174 g/mol. The van der Waals surface area contributed by atoms with E-state index in [-0.39, 0.29) is 6.42 Å². The van der Waals surface area contributed by atoms with E-state index in [1.165, 1.54) is 0 Å². The number of rotatable bonds is 4. The number of carboxylic acids is 1. The van der Waals surface area contributed by atoms with Crippen LogP contribution in [0.2, 0.25) is 0 Å². The van der Waals surface area contributed by atoms with E-state index in [9.17, 15) is 4.79 Å². The van der Waals surface area contributed by atoms with Crippen LogP contribution < -0.4 is 0 Å². The van der Waals surface area contributed by atoms with Crippen molar-refractivity contribution < 1.29 is 19.4 Å². The molecule has 12 heavy (non-hydrogen) atoms. The van der Waals surface area contributed by atoms with Gasteiger partial charge in [0.05, 0.1) is 13.2 Å². The molecular weight excluding hydrogens is 160 g/mol. The molecule has 0 bridgehead atoms. The molecule has 0 atom stereocenters. The van der Waals surface area contributed by atoms with Crippen LogP contribution in [0, 0.1) is 0 Å². The quantitative estimate of drug-likeness (QED) is 0.690. The van der Waals surface area contributed by atoms with Gasteiger partial charge in [-0.2, -0.15) is 0 Å². The predicted octanol–water partition coefficient (Wildman–Crippen LogP) is 1.00. The number of hydrogen-bond acceptors (Lipinski definition) is 3. The molecular formula is C8H14O4. The second kappa shape index (κ2) is 3.87. The van der Waals surface area contributed by atoms with Gasteiger partial charge in [-0.1, -0.05) is 0 Å². The number of aliphatic carboxylic acids is 1. The molecule has 0 spiro atoms. The Bertz CT molecular complexity index is 160. The molecule has 0 amide bonds. The molecule has 1 saturated heterocycles. The molecule has 0 saturated carbocycles. The van der Waals surface area contributed by atoms with Crippen molar-refractivity contribution in [1.29, 1.82) is 0 Å². The standard InChI is InChI=1S/C8H14O4/c1-8(11-5-6-12-8)4-2-3-7(9)10/h2-6H2,1H3,(H,9,10). The van der Waals surface area contributed by atoms with Crippen molar-refractivity contribution in [2.24, 2.45) is 0 Å². The van der Waals surface area contributed by atoms with Gasteiger partial charge < -0.3 is 14.6 Å². The second-order valence-corrected chi connectivity index (χ2v) is 3.08. The Balaban J connectivity index is 2.17. The third kappa shape index (κ3) is 2.79. The summed E-state index contributed by atoms with van der Waals surface area (Å²) in [6, 6.07) is 0. The van der Waals surface area contributed by atoms with Gasteiger partial charge in [-0.3, -0.25) is 4.79 Å². The van der Waals surface area contributed by atoms with Gasteiger partial charge in [-0.15, -0.1) is 0 Å². The molecule has 1 heterocycles. The molecule has 70 valence electrons. The molecule has 1 fully saturated rings. The lowest BCUT2D eigenvalue weighted by molar-refractivity contribution is -0.150. The molecule has 1 aliphatic rings. The van der Waals surface area contributed by atoms with Crippen molar-refractivity contribution in [3.8, 4) is 0 Å². The van der Waals surface area contributed by atoms with Crippen molar-refractivity contribution in [3.05, 3.63) is 0 Å². The Morgan fingerprint density at radius 3 is 2.58 bits per heavy atom. The lowest BCUT2D eigenvalue weighted by Crippen LogP contribution is -2.25. The smallest absolute Gasteiger partial charge is 0.303 e. The highest BCUT2D eigenvalue weighted by atomic mass is 16.7. The summed E-state index contributed by atoms with van der Waals surface area (Å²) in [6.07, 6.45) is 1.44. The van der Waals surface area contributed by atoms with Crippen LogP contribution in [0.1, 0.15) is 26.2 Å². The van der Waals surface area contributed by atoms with E-state index >= 15 is 0 Å². The van der Waals surface area contributed by atoms with E-state index < -0.39 is 11.8 Å².